The highest BCUT2D eigenvalue weighted by molar-refractivity contribution is 5.50. The van der Waals surface area contributed by atoms with Crippen LogP contribution in [0.2, 0.25) is 0 Å². The Labute approximate surface area is 146 Å². The number of hydrogen-bond donors (Lipinski definition) is 3. The van der Waals surface area contributed by atoms with Crippen LogP contribution in [0, 0.1) is 22.7 Å². The van der Waals surface area contributed by atoms with Crippen LogP contribution in [-0.4, -0.2) is 22.8 Å². The van der Waals surface area contributed by atoms with E-state index < -0.39 is 0 Å². The SMILES string of the molecule is CC(C)(C)C1CCC(NCCCCCc2[nH]nc(N)c2C#N)CC1. The Balaban J connectivity index is 1.56. The van der Waals surface area contributed by atoms with Gasteiger partial charge in [-0.15, -0.1) is 0 Å². The minimum Gasteiger partial charge on any atom is -0.381 e. The maximum atomic E-state index is 9.04. The summed E-state index contributed by atoms with van der Waals surface area (Å²) in [6.07, 6.45) is 9.62. The zero-order valence-electron chi connectivity index (χ0n) is 15.5. The summed E-state index contributed by atoms with van der Waals surface area (Å²) in [4.78, 5) is 0. The normalized spacial score (nSPS) is 21.6. The molecule has 0 radical (unpaired) electrons. The monoisotopic (exact) mass is 331 g/mol. The topological polar surface area (TPSA) is 90.5 Å². The summed E-state index contributed by atoms with van der Waals surface area (Å²) < 4.78 is 0. The quantitative estimate of drug-likeness (QED) is 0.663. The number of anilines is 1. The van der Waals surface area contributed by atoms with Crippen molar-refractivity contribution in [3.05, 3.63) is 11.3 Å². The lowest BCUT2D eigenvalue weighted by Crippen LogP contribution is -2.36. The summed E-state index contributed by atoms with van der Waals surface area (Å²) in [5.74, 6) is 1.20. The van der Waals surface area contributed by atoms with E-state index >= 15 is 0 Å². The van der Waals surface area contributed by atoms with E-state index in [0.717, 1.165) is 37.4 Å². The highest BCUT2D eigenvalue weighted by Crippen LogP contribution is 2.37. The molecule has 24 heavy (non-hydrogen) atoms. The first-order valence-electron chi connectivity index (χ1n) is 9.38. The van der Waals surface area contributed by atoms with Crippen LogP contribution in [-0.2, 0) is 6.42 Å². The van der Waals surface area contributed by atoms with Crippen LogP contribution >= 0.6 is 0 Å². The van der Waals surface area contributed by atoms with Crippen molar-refractivity contribution in [3.63, 3.8) is 0 Å². The van der Waals surface area contributed by atoms with E-state index in [1.165, 1.54) is 32.1 Å². The van der Waals surface area contributed by atoms with Crippen LogP contribution in [0.1, 0.15) is 77.0 Å². The first-order valence-corrected chi connectivity index (χ1v) is 9.38. The van der Waals surface area contributed by atoms with Crippen LogP contribution in [0.25, 0.3) is 0 Å². The average molecular weight is 332 g/mol. The van der Waals surface area contributed by atoms with Gasteiger partial charge in [0.2, 0.25) is 0 Å². The van der Waals surface area contributed by atoms with Crippen molar-refractivity contribution < 1.29 is 0 Å². The molecule has 1 aromatic heterocycles. The summed E-state index contributed by atoms with van der Waals surface area (Å²) in [5, 5.41) is 19.5. The predicted molar refractivity (Wildman–Crippen MR) is 98.5 cm³/mol. The molecule has 1 aliphatic rings. The number of rotatable bonds is 7. The van der Waals surface area contributed by atoms with Crippen LogP contribution < -0.4 is 11.1 Å². The fraction of sp³-hybridized carbons (Fsp3) is 0.789. The number of hydrogen-bond acceptors (Lipinski definition) is 4. The Morgan fingerprint density at radius 1 is 1.21 bits per heavy atom. The number of nitrogens with zero attached hydrogens (tertiary/aromatic N) is 2. The smallest absolute Gasteiger partial charge is 0.163 e. The molecule has 0 atom stereocenters. The standard InChI is InChI=1S/C19H33N5/c1-19(2,3)14-8-10-15(11-9-14)22-12-6-4-5-7-17-16(13-20)18(21)24-23-17/h14-15,22H,4-12H2,1-3H3,(H3,21,23,24). The van der Waals surface area contributed by atoms with E-state index in [0.29, 0.717) is 22.8 Å². The summed E-state index contributed by atoms with van der Waals surface area (Å²) in [7, 11) is 0. The molecule has 1 aliphatic carbocycles. The Bertz CT molecular complexity index is 541. The minimum atomic E-state index is 0.319. The van der Waals surface area contributed by atoms with Crippen molar-refractivity contribution in [2.24, 2.45) is 11.3 Å². The minimum absolute atomic E-state index is 0.319. The summed E-state index contributed by atoms with van der Waals surface area (Å²) in [6.45, 7) is 8.21. The fourth-order valence-electron chi connectivity index (χ4n) is 3.77. The van der Waals surface area contributed by atoms with Crippen molar-refractivity contribution in [2.45, 2.75) is 78.2 Å². The van der Waals surface area contributed by atoms with Gasteiger partial charge in [-0.25, -0.2) is 0 Å². The second kappa shape index (κ2) is 8.53. The molecule has 1 fully saturated rings. The molecule has 0 aliphatic heterocycles. The number of aromatic nitrogens is 2. The Morgan fingerprint density at radius 2 is 1.92 bits per heavy atom. The average Bonchev–Trinajstić information content (AvgIpc) is 2.90. The van der Waals surface area contributed by atoms with E-state index in [-0.39, 0.29) is 0 Å². The summed E-state index contributed by atoms with van der Waals surface area (Å²) in [6, 6.07) is 2.83. The van der Waals surface area contributed by atoms with Gasteiger partial charge in [0.15, 0.2) is 5.82 Å². The van der Waals surface area contributed by atoms with Crippen molar-refractivity contribution in [1.29, 1.82) is 5.26 Å². The highest BCUT2D eigenvalue weighted by atomic mass is 15.2. The molecule has 5 heteroatoms. The van der Waals surface area contributed by atoms with Gasteiger partial charge in [0, 0.05) is 6.04 Å². The number of aromatic amines is 1. The van der Waals surface area contributed by atoms with Crippen LogP contribution in [0.15, 0.2) is 0 Å². The third kappa shape index (κ3) is 5.24. The fourth-order valence-corrected chi connectivity index (χ4v) is 3.77. The van der Waals surface area contributed by atoms with Gasteiger partial charge in [-0.3, -0.25) is 5.10 Å². The zero-order valence-corrected chi connectivity index (χ0v) is 15.5. The molecular weight excluding hydrogens is 298 g/mol. The van der Waals surface area contributed by atoms with E-state index in [2.05, 4.69) is 42.4 Å². The number of nitrogen functional groups attached to an aromatic ring is 1. The van der Waals surface area contributed by atoms with Crippen molar-refractivity contribution in [3.8, 4) is 6.07 Å². The molecule has 1 saturated carbocycles. The van der Waals surface area contributed by atoms with Crippen LogP contribution in [0.4, 0.5) is 5.82 Å². The van der Waals surface area contributed by atoms with Crippen molar-refractivity contribution in [1.82, 2.24) is 15.5 Å². The number of nitrogens with two attached hydrogens (primary N) is 1. The molecule has 134 valence electrons. The van der Waals surface area contributed by atoms with E-state index in [1.807, 2.05) is 0 Å². The predicted octanol–water partition coefficient (Wildman–Crippen LogP) is 3.77. The molecule has 5 nitrogen and oxygen atoms in total. The number of nitriles is 1. The van der Waals surface area contributed by atoms with Gasteiger partial charge in [0.1, 0.15) is 11.6 Å². The van der Waals surface area contributed by atoms with Crippen LogP contribution in [0.5, 0.6) is 0 Å². The van der Waals surface area contributed by atoms with Crippen molar-refractivity contribution >= 4 is 5.82 Å². The molecule has 0 saturated heterocycles. The first-order chi connectivity index (χ1) is 11.4. The third-order valence-electron chi connectivity index (χ3n) is 5.47. The second-order valence-corrected chi connectivity index (χ2v) is 8.25. The Morgan fingerprint density at radius 3 is 2.54 bits per heavy atom. The number of unbranched alkanes of at least 4 members (excludes halogenated alkanes) is 2. The van der Waals surface area contributed by atoms with E-state index in [1.54, 1.807) is 0 Å². The molecule has 4 N–H and O–H groups in total. The Hall–Kier alpha value is -1.54. The van der Waals surface area contributed by atoms with Gasteiger partial charge in [0.25, 0.3) is 0 Å². The number of aryl methyl sites for hydroxylation is 1. The van der Waals surface area contributed by atoms with Gasteiger partial charge >= 0.3 is 0 Å². The Kier molecular flexibility index (Phi) is 6.68. The molecule has 0 unspecified atom stereocenters. The van der Waals surface area contributed by atoms with Gasteiger partial charge in [-0.1, -0.05) is 27.2 Å². The van der Waals surface area contributed by atoms with Crippen molar-refractivity contribution in [2.75, 3.05) is 12.3 Å². The molecule has 1 heterocycles. The number of nitrogens with one attached hydrogen (secondary N) is 2. The maximum absolute atomic E-state index is 9.04. The molecule has 0 bridgehead atoms. The van der Waals surface area contributed by atoms with Gasteiger partial charge in [-0.2, -0.15) is 10.4 Å². The summed E-state index contributed by atoms with van der Waals surface area (Å²) >= 11 is 0. The van der Waals surface area contributed by atoms with Gasteiger partial charge in [-0.05, 0) is 62.8 Å². The van der Waals surface area contributed by atoms with Crippen LogP contribution in [0.3, 0.4) is 0 Å². The molecule has 0 spiro atoms. The lowest BCUT2D eigenvalue weighted by Gasteiger charge is -2.37. The molecule has 1 aromatic rings. The van der Waals surface area contributed by atoms with Gasteiger partial charge < -0.3 is 11.1 Å². The summed E-state index contributed by atoms with van der Waals surface area (Å²) in [5.41, 5.74) is 7.51. The van der Waals surface area contributed by atoms with Gasteiger partial charge in [0.05, 0.1) is 5.69 Å². The highest BCUT2D eigenvalue weighted by Gasteiger charge is 2.29. The maximum Gasteiger partial charge on any atom is 0.163 e. The van der Waals surface area contributed by atoms with E-state index in [4.69, 9.17) is 11.0 Å². The molecule has 0 aromatic carbocycles. The zero-order chi connectivity index (χ0) is 17.6. The third-order valence-corrected chi connectivity index (χ3v) is 5.47. The molecule has 0 amide bonds. The largest absolute Gasteiger partial charge is 0.381 e. The molecule has 2 rings (SSSR count). The lowest BCUT2D eigenvalue weighted by molar-refractivity contribution is 0.160. The molecular formula is C19H33N5. The number of H-pyrrole nitrogens is 1. The first kappa shape index (κ1) is 18.8. The second-order valence-electron chi connectivity index (χ2n) is 8.25. The lowest BCUT2D eigenvalue weighted by atomic mass is 9.71. The van der Waals surface area contributed by atoms with E-state index in [9.17, 15) is 0 Å².